The van der Waals surface area contributed by atoms with E-state index >= 15 is 0 Å². The fraction of sp³-hybridized carbons (Fsp3) is 0. The van der Waals surface area contributed by atoms with Crippen LogP contribution in [0.25, 0.3) is 16.7 Å². The molecule has 0 aliphatic heterocycles. The van der Waals surface area contributed by atoms with Crippen molar-refractivity contribution in [1.82, 2.24) is 0 Å². The van der Waals surface area contributed by atoms with Gasteiger partial charge >= 0.3 is 0 Å². The van der Waals surface area contributed by atoms with E-state index in [-0.39, 0.29) is 0 Å². The van der Waals surface area contributed by atoms with Gasteiger partial charge in [0.05, 0.1) is 0 Å². The fourth-order valence-corrected chi connectivity index (χ4v) is 6.76. The van der Waals surface area contributed by atoms with E-state index in [9.17, 15) is 0 Å². The van der Waals surface area contributed by atoms with Crippen molar-refractivity contribution in [2.24, 2.45) is 0 Å². The molecule has 0 radical (unpaired) electrons. The maximum atomic E-state index is 6.41. The summed E-state index contributed by atoms with van der Waals surface area (Å²) in [6.45, 7) is 0. The Labute approximate surface area is 310 Å². The average Bonchev–Trinajstić information content (AvgIpc) is 3.79. The van der Waals surface area contributed by atoms with Crippen LogP contribution in [0.2, 0.25) is 30.1 Å². The zero-order valence-electron chi connectivity index (χ0n) is 25.1. The van der Waals surface area contributed by atoms with Crippen molar-refractivity contribution in [3.63, 3.8) is 0 Å². The highest BCUT2D eigenvalue weighted by Crippen LogP contribution is 2.59. The lowest BCUT2D eigenvalue weighted by Crippen LogP contribution is -1.90. The SMILES string of the molecule is Clc1ccc(C(=C2C(=C(c3ccc(Cl)cc3)c3ccc(Cl)cc3)C2=C(c2ccc(Cl)cc2)c2ccc(Cl)cc2)c2ccc(Cl)cc2)cc1. The van der Waals surface area contributed by atoms with E-state index in [1.54, 1.807) is 0 Å². The van der Waals surface area contributed by atoms with Gasteiger partial charge in [0.15, 0.2) is 0 Å². The summed E-state index contributed by atoms with van der Waals surface area (Å²) >= 11 is 38.5. The number of hydrogen-bond donors (Lipinski definition) is 0. The van der Waals surface area contributed by atoms with E-state index in [4.69, 9.17) is 69.6 Å². The van der Waals surface area contributed by atoms with Crippen LogP contribution in [0.1, 0.15) is 33.4 Å². The van der Waals surface area contributed by atoms with E-state index in [0.29, 0.717) is 30.1 Å². The lowest BCUT2D eigenvalue weighted by atomic mass is 9.94. The second-order valence-electron chi connectivity index (χ2n) is 11.3. The molecule has 1 aliphatic carbocycles. The highest BCUT2D eigenvalue weighted by atomic mass is 35.5. The second kappa shape index (κ2) is 14.0. The number of hydrogen-bond acceptors (Lipinski definition) is 0. The summed E-state index contributed by atoms with van der Waals surface area (Å²) < 4.78 is 0. The number of allylic oxidation sites excluding steroid dienone is 3. The van der Waals surface area contributed by atoms with Crippen molar-refractivity contribution in [2.75, 3.05) is 0 Å². The Morgan fingerprint density at radius 1 is 0.208 bits per heavy atom. The Bertz CT molecular complexity index is 1790. The molecular weight excluding hydrogens is 717 g/mol. The van der Waals surface area contributed by atoms with E-state index in [1.165, 1.54) is 0 Å². The van der Waals surface area contributed by atoms with Gasteiger partial charge in [-0.2, -0.15) is 0 Å². The van der Waals surface area contributed by atoms with Gasteiger partial charge in [0.2, 0.25) is 0 Å². The van der Waals surface area contributed by atoms with Crippen LogP contribution in [0.3, 0.4) is 0 Å². The minimum atomic E-state index is 0.660. The Hall–Kier alpha value is -3.72. The summed E-state index contributed by atoms with van der Waals surface area (Å²) in [6.07, 6.45) is 0. The van der Waals surface area contributed by atoms with Crippen LogP contribution >= 0.6 is 69.6 Å². The normalized spacial score (nSPS) is 12.2. The van der Waals surface area contributed by atoms with Crippen molar-refractivity contribution in [3.05, 3.63) is 226 Å². The molecule has 0 atom stereocenters. The van der Waals surface area contributed by atoms with Gasteiger partial charge in [-0.25, -0.2) is 0 Å². The molecule has 0 nitrogen and oxygen atoms in total. The van der Waals surface area contributed by atoms with Gasteiger partial charge in [-0.05, 0) is 140 Å². The van der Waals surface area contributed by atoms with E-state index in [2.05, 4.69) is 72.8 Å². The zero-order valence-corrected chi connectivity index (χ0v) is 29.7. The minimum Gasteiger partial charge on any atom is -0.0843 e. The first-order valence-corrected chi connectivity index (χ1v) is 17.3. The highest BCUT2D eigenvalue weighted by Gasteiger charge is 2.41. The summed E-state index contributed by atoms with van der Waals surface area (Å²) in [7, 11) is 0. The van der Waals surface area contributed by atoms with Crippen LogP contribution in [0.15, 0.2) is 162 Å². The topological polar surface area (TPSA) is 0 Å². The van der Waals surface area contributed by atoms with E-state index in [1.807, 2.05) is 72.8 Å². The minimum absolute atomic E-state index is 0.660. The van der Waals surface area contributed by atoms with Crippen molar-refractivity contribution < 1.29 is 0 Å². The molecule has 0 aromatic heterocycles. The lowest BCUT2D eigenvalue weighted by molar-refractivity contribution is 1.53. The molecule has 0 bridgehead atoms. The molecule has 48 heavy (non-hydrogen) atoms. The second-order valence-corrected chi connectivity index (χ2v) is 13.9. The largest absolute Gasteiger partial charge is 0.0843 e. The predicted molar refractivity (Wildman–Crippen MR) is 207 cm³/mol. The van der Waals surface area contributed by atoms with Crippen LogP contribution in [0.5, 0.6) is 0 Å². The average molecular weight is 741 g/mol. The molecular formula is C42H24Cl6. The van der Waals surface area contributed by atoms with Crippen LogP contribution in [0.4, 0.5) is 0 Å². The van der Waals surface area contributed by atoms with Crippen LogP contribution in [-0.2, 0) is 0 Å². The maximum Gasteiger partial charge on any atom is 0.0406 e. The molecule has 234 valence electrons. The summed E-state index contributed by atoms with van der Waals surface area (Å²) in [6, 6.07) is 47.7. The number of halogens is 6. The van der Waals surface area contributed by atoms with Gasteiger partial charge in [-0.15, -0.1) is 0 Å². The summed E-state index contributed by atoms with van der Waals surface area (Å²) in [4.78, 5) is 0. The Morgan fingerprint density at radius 3 is 0.458 bits per heavy atom. The Balaban J connectivity index is 1.68. The third-order valence-corrected chi connectivity index (χ3v) is 9.75. The highest BCUT2D eigenvalue weighted by molar-refractivity contribution is 6.32. The Kier molecular flexibility index (Phi) is 9.58. The Morgan fingerprint density at radius 2 is 0.333 bits per heavy atom. The van der Waals surface area contributed by atoms with Crippen molar-refractivity contribution in [3.8, 4) is 0 Å². The predicted octanol–water partition coefficient (Wildman–Crippen LogP) is 14.4. The van der Waals surface area contributed by atoms with Gasteiger partial charge in [0.25, 0.3) is 0 Å². The molecule has 6 aromatic carbocycles. The molecule has 0 saturated heterocycles. The van der Waals surface area contributed by atoms with Gasteiger partial charge in [0.1, 0.15) is 0 Å². The first kappa shape index (κ1) is 32.8. The smallest absolute Gasteiger partial charge is 0.0406 e. The third kappa shape index (κ3) is 6.89. The van der Waals surface area contributed by atoms with Crippen molar-refractivity contribution in [2.45, 2.75) is 0 Å². The lowest BCUT2D eigenvalue weighted by Gasteiger charge is -2.10. The molecule has 6 aromatic rings. The van der Waals surface area contributed by atoms with Gasteiger partial charge in [0, 0.05) is 30.1 Å². The molecule has 0 spiro atoms. The molecule has 1 fully saturated rings. The van der Waals surface area contributed by atoms with E-state index in [0.717, 1.165) is 66.8 Å². The quantitative estimate of drug-likeness (QED) is 0.159. The van der Waals surface area contributed by atoms with Crippen molar-refractivity contribution in [1.29, 1.82) is 0 Å². The monoisotopic (exact) mass is 738 g/mol. The van der Waals surface area contributed by atoms with Gasteiger partial charge < -0.3 is 0 Å². The molecule has 1 aliphatic rings. The third-order valence-electron chi connectivity index (χ3n) is 8.23. The number of benzene rings is 6. The first-order valence-electron chi connectivity index (χ1n) is 15.1. The van der Waals surface area contributed by atoms with Crippen LogP contribution < -0.4 is 0 Å². The molecule has 1 saturated carbocycles. The van der Waals surface area contributed by atoms with Crippen LogP contribution in [0, 0.1) is 0 Å². The molecule has 0 unspecified atom stereocenters. The zero-order chi connectivity index (χ0) is 33.4. The first-order chi connectivity index (χ1) is 23.3. The van der Waals surface area contributed by atoms with E-state index < -0.39 is 0 Å². The molecule has 0 N–H and O–H groups in total. The number of rotatable bonds is 6. The van der Waals surface area contributed by atoms with Crippen molar-refractivity contribution >= 4 is 86.3 Å². The fourth-order valence-electron chi connectivity index (χ4n) is 6.00. The standard InChI is InChI=1S/C42H24Cl6/c43-31-13-1-25(2-14-31)37(26-3-15-32(44)16-4-26)40-41(38(27-5-17-33(45)18-6-27)28-7-19-34(46)20-8-28)42(40)39(29-9-21-35(47)22-10-29)30-11-23-36(48)24-12-30/h1-24H. The molecule has 6 heteroatoms. The maximum absolute atomic E-state index is 6.41. The molecule has 0 heterocycles. The molecule has 7 rings (SSSR count). The van der Waals surface area contributed by atoms with Gasteiger partial charge in [-0.3, -0.25) is 0 Å². The summed E-state index contributed by atoms with van der Waals surface area (Å²) in [5, 5.41) is 3.96. The molecule has 0 amide bonds. The van der Waals surface area contributed by atoms with Crippen LogP contribution in [-0.4, -0.2) is 0 Å². The summed E-state index contributed by atoms with van der Waals surface area (Å²) in [5.74, 6) is 0. The van der Waals surface area contributed by atoms with Gasteiger partial charge in [-0.1, -0.05) is 142 Å². The summed E-state index contributed by atoms with van der Waals surface area (Å²) in [5.41, 5.74) is 12.5.